The Labute approximate surface area is 125 Å². The summed E-state index contributed by atoms with van der Waals surface area (Å²) in [5.41, 5.74) is 1.87. The van der Waals surface area contributed by atoms with Crippen LogP contribution in [0.3, 0.4) is 0 Å². The molecule has 1 heterocycles. The molecular formula is C16H22N2OS. The number of para-hydroxylation sites is 1. The third-order valence-corrected chi connectivity index (χ3v) is 4.38. The lowest BCUT2D eigenvalue weighted by atomic mass is 10.1. The third kappa shape index (κ3) is 3.07. The van der Waals surface area contributed by atoms with E-state index in [0.717, 1.165) is 34.5 Å². The van der Waals surface area contributed by atoms with Gasteiger partial charge < -0.3 is 10.0 Å². The summed E-state index contributed by atoms with van der Waals surface area (Å²) in [5.74, 6) is 1.96. The smallest absolute Gasteiger partial charge is 0.134 e. The Bertz CT molecular complexity index is 573. The van der Waals surface area contributed by atoms with E-state index in [1.807, 2.05) is 42.1 Å². The SMILES string of the molecule is CCC(CSC)N(C)c1nc2ccccc2cc1CO. The van der Waals surface area contributed by atoms with Gasteiger partial charge >= 0.3 is 0 Å². The third-order valence-electron chi connectivity index (χ3n) is 3.66. The number of aliphatic hydroxyl groups excluding tert-OH is 1. The number of hydrogen-bond donors (Lipinski definition) is 1. The number of thioether (sulfide) groups is 1. The van der Waals surface area contributed by atoms with Gasteiger partial charge in [0.25, 0.3) is 0 Å². The van der Waals surface area contributed by atoms with E-state index in [1.54, 1.807) is 0 Å². The van der Waals surface area contributed by atoms with Crippen LogP contribution in [0.1, 0.15) is 18.9 Å². The van der Waals surface area contributed by atoms with E-state index in [2.05, 4.69) is 25.1 Å². The molecule has 1 aromatic heterocycles. The lowest BCUT2D eigenvalue weighted by molar-refractivity contribution is 0.281. The molecule has 1 N–H and O–H groups in total. The Balaban J connectivity index is 2.45. The molecule has 4 heteroatoms. The number of pyridine rings is 1. The fourth-order valence-electron chi connectivity index (χ4n) is 2.44. The van der Waals surface area contributed by atoms with Crippen LogP contribution in [0.5, 0.6) is 0 Å². The Kier molecular flexibility index (Phi) is 5.26. The average molecular weight is 290 g/mol. The fraction of sp³-hybridized carbons (Fsp3) is 0.438. The molecule has 0 fully saturated rings. The molecule has 0 aliphatic heterocycles. The predicted molar refractivity (Wildman–Crippen MR) is 88.5 cm³/mol. The van der Waals surface area contributed by atoms with Gasteiger partial charge in [-0.05, 0) is 24.8 Å². The van der Waals surface area contributed by atoms with Gasteiger partial charge in [0.2, 0.25) is 0 Å². The van der Waals surface area contributed by atoms with Crippen molar-refractivity contribution in [3.05, 3.63) is 35.9 Å². The molecule has 20 heavy (non-hydrogen) atoms. The van der Waals surface area contributed by atoms with Crippen LogP contribution < -0.4 is 4.90 Å². The quantitative estimate of drug-likeness (QED) is 0.885. The first kappa shape index (κ1) is 15.1. The molecule has 1 unspecified atom stereocenters. The van der Waals surface area contributed by atoms with Gasteiger partial charge in [-0.3, -0.25) is 0 Å². The fourth-order valence-corrected chi connectivity index (χ4v) is 3.28. The molecule has 2 rings (SSSR count). The van der Waals surface area contributed by atoms with Gasteiger partial charge in [0.05, 0.1) is 12.1 Å². The standard InChI is InChI=1S/C16H22N2OS/c1-4-14(11-20-3)18(2)16-13(10-19)9-12-7-5-6-8-15(12)17-16/h5-9,14,19H,4,10-11H2,1-3H3. The molecule has 0 bridgehead atoms. The van der Waals surface area contributed by atoms with Crippen molar-refractivity contribution in [3.63, 3.8) is 0 Å². The lowest BCUT2D eigenvalue weighted by Gasteiger charge is -2.29. The monoisotopic (exact) mass is 290 g/mol. The molecule has 0 amide bonds. The van der Waals surface area contributed by atoms with Crippen molar-refractivity contribution in [1.82, 2.24) is 4.98 Å². The largest absolute Gasteiger partial charge is 0.392 e. The van der Waals surface area contributed by atoms with E-state index in [9.17, 15) is 5.11 Å². The Hall–Kier alpha value is -1.26. The first-order valence-corrected chi connectivity index (χ1v) is 8.32. The molecule has 0 spiro atoms. The van der Waals surface area contributed by atoms with Gasteiger partial charge in [0, 0.05) is 29.8 Å². The minimum Gasteiger partial charge on any atom is -0.392 e. The summed E-state index contributed by atoms with van der Waals surface area (Å²) in [6.45, 7) is 2.21. The summed E-state index contributed by atoms with van der Waals surface area (Å²) in [5, 5.41) is 10.7. The summed E-state index contributed by atoms with van der Waals surface area (Å²) in [4.78, 5) is 6.96. The molecule has 0 saturated heterocycles. The summed E-state index contributed by atoms with van der Waals surface area (Å²) in [6.07, 6.45) is 3.19. The van der Waals surface area contributed by atoms with Gasteiger partial charge in [0.1, 0.15) is 5.82 Å². The first-order chi connectivity index (χ1) is 9.71. The molecule has 0 aliphatic carbocycles. The van der Waals surface area contributed by atoms with Crippen molar-refractivity contribution < 1.29 is 5.11 Å². The molecule has 3 nitrogen and oxygen atoms in total. The van der Waals surface area contributed by atoms with Crippen LogP contribution in [-0.4, -0.2) is 35.2 Å². The molecule has 0 saturated carbocycles. The molecule has 0 aliphatic rings. The highest BCUT2D eigenvalue weighted by Crippen LogP contribution is 2.25. The zero-order chi connectivity index (χ0) is 14.5. The normalized spacial score (nSPS) is 12.6. The molecule has 0 radical (unpaired) electrons. The zero-order valence-corrected chi connectivity index (χ0v) is 13.2. The van der Waals surface area contributed by atoms with Crippen LogP contribution >= 0.6 is 11.8 Å². The number of benzene rings is 1. The zero-order valence-electron chi connectivity index (χ0n) is 12.3. The second kappa shape index (κ2) is 6.95. The lowest BCUT2D eigenvalue weighted by Crippen LogP contribution is -2.34. The van der Waals surface area contributed by atoms with Crippen molar-refractivity contribution in [2.24, 2.45) is 0 Å². The number of aliphatic hydroxyl groups is 1. The summed E-state index contributed by atoms with van der Waals surface area (Å²) in [7, 11) is 2.07. The van der Waals surface area contributed by atoms with E-state index in [0.29, 0.717) is 6.04 Å². The minimum atomic E-state index is 0.0210. The second-order valence-electron chi connectivity index (χ2n) is 4.95. The number of nitrogens with zero attached hydrogens (tertiary/aromatic N) is 2. The molecule has 1 atom stereocenters. The van der Waals surface area contributed by atoms with Gasteiger partial charge in [-0.1, -0.05) is 25.1 Å². The number of fused-ring (bicyclic) bond motifs is 1. The number of aromatic nitrogens is 1. The maximum atomic E-state index is 9.64. The topological polar surface area (TPSA) is 36.4 Å². The van der Waals surface area contributed by atoms with Crippen molar-refractivity contribution in [2.75, 3.05) is 24.0 Å². The Morgan fingerprint density at radius 2 is 2.10 bits per heavy atom. The van der Waals surface area contributed by atoms with Crippen LogP contribution in [0.25, 0.3) is 10.9 Å². The molecule has 2 aromatic rings. The first-order valence-electron chi connectivity index (χ1n) is 6.92. The summed E-state index contributed by atoms with van der Waals surface area (Å²) < 4.78 is 0. The molecule has 108 valence electrons. The van der Waals surface area contributed by atoms with Crippen molar-refractivity contribution in [1.29, 1.82) is 0 Å². The predicted octanol–water partition coefficient (Wildman–Crippen LogP) is 3.30. The van der Waals surface area contributed by atoms with Crippen LogP contribution in [0.15, 0.2) is 30.3 Å². The van der Waals surface area contributed by atoms with Gasteiger partial charge in [-0.25, -0.2) is 4.98 Å². The van der Waals surface area contributed by atoms with Crippen LogP contribution in [0, 0.1) is 0 Å². The van der Waals surface area contributed by atoms with E-state index in [-0.39, 0.29) is 6.61 Å². The van der Waals surface area contributed by atoms with Crippen molar-refractivity contribution in [2.45, 2.75) is 26.0 Å². The highest BCUT2D eigenvalue weighted by atomic mass is 32.2. The van der Waals surface area contributed by atoms with Crippen LogP contribution in [0.4, 0.5) is 5.82 Å². The van der Waals surface area contributed by atoms with E-state index >= 15 is 0 Å². The molecule has 1 aromatic carbocycles. The van der Waals surface area contributed by atoms with Crippen LogP contribution in [-0.2, 0) is 6.61 Å². The maximum absolute atomic E-state index is 9.64. The maximum Gasteiger partial charge on any atom is 0.134 e. The Morgan fingerprint density at radius 3 is 2.75 bits per heavy atom. The highest BCUT2D eigenvalue weighted by Gasteiger charge is 2.17. The summed E-state index contributed by atoms with van der Waals surface area (Å²) >= 11 is 1.84. The van der Waals surface area contributed by atoms with Crippen molar-refractivity contribution in [3.8, 4) is 0 Å². The number of hydrogen-bond acceptors (Lipinski definition) is 4. The van der Waals surface area contributed by atoms with Gasteiger partial charge in [-0.15, -0.1) is 0 Å². The Morgan fingerprint density at radius 1 is 1.35 bits per heavy atom. The highest BCUT2D eigenvalue weighted by molar-refractivity contribution is 7.98. The van der Waals surface area contributed by atoms with E-state index < -0.39 is 0 Å². The second-order valence-corrected chi connectivity index (χ2v) is 5.86. The van der Waals surface area contributed by atoms with Crippen molar-refractivity contribution >= 4 is 28.5 Å². The average Bonchev–Trinajstić information content (AvgIpc) is 2.50. The number of anilines is 1. The summed E-state index contributed by atoms with van der Waals surface area (Å²) in [6, 6.07) is 10.5. The minimum absolute atomic E-state index is 0.0210. The van der Waals surface area contributed by atoms with Crippen LogP contribution in [0.2, 0.25) is 0 Å². The van der Waals surface area contributed by atoms with E-state index in [1.165, 1.54) is 0 Å². The number of rotatable bonds is 6. The van der Waals surface area contributed by atoms with Gasteiger partial charge in [0.15, 0.2) is 0 Å². The molecular weight excluding hydrogens is 268 g/mol. The van der Waals surface area contributed by atoms with E-state index in [4.69, 9.17) is 4.98 Å². The van der Waals surface area contributed by atoms with Gasteiger partial charge in [-0.2, -0.15) is 11.8 Å².